The van der Waals surface area contributed by atoms with Crippen LogP contribution < -0.4 is 11.1 Å². The molecule has 0 aromatic carbocycles. The average Bonchev–Trinajstić information content (AvgIpc) is 2.11. The summed E-state index contributed by atoms with van der Waals surface area (Å²) < 4.78 is 0. The van der Waals surface area contributed by atoms with E-state index in [-0.39, 0.29) is 23.9 Å². The summed E-state index contributed by atoms with van der Waals surface area (Å²) in [5.41, 5.74) is 5.51. The lowest BCUT2D eigenvalue weighted by molar-refractivity contribution is -0.136. The van der Waals surface area contributed by atoms with Crippen LogP contribution in [0.1, 0.15) is 41.0 Å². The fraction of sp³-hybridized carbons (Fsp3) is 0.846. The molecule has 0 aliphatic heterocycles. The van der Waals surface area contributed by atoms with Crippen LogP contribution in [0.3, 0.4) is 0 Å². The fourth-order valence-corrected chi connectivity index (χ4v) is 1.64. The number of hydrogen-bond acceptors (Lipinski definition) is 3. The average molecular weight is 257 g/mol. The maximum Gasteiger partial charge on any atom is 0.240 e. The number of hydrogen-bond donors (Lipinski definition) is 2. The fourth-order valence-electron chi connectivity index (χ4n) is 1.64. The van der Waals surface area contributed by atoms with Crippen molar-refractivity contribution >= 4 is 11.8 Å². The third kappa shape index (κ3) is 7.27. The minimum absolute atomic E-state index is 0.0436. The van der Waals surface area contributed by atoms with E-state index >= 15 is 0 Å². The lowest BCUT2D eigenvalue weighted by Crippen LogP contribution is -2.49. The van der Waals surface area contributed by atoms with E-state index in [9.17, 15) is 9.59 Å². The van der Waals surface area contributed by atoms with Gasteiger partial charge in [0.15, 0.2) is 0 Å². The second-order valence-corrected chi connectivity index (χ2v) is 6.23. The molecule has 0 radical (unpaired) electrons. The summed E-state index contributed by atoms with van der Waals surface area (Å²) in [4.78, 5) is 25.0. The summed E-state index contributed by atoms with van der Waals surface area (Å²) in [5, 5.41) is 2.81. The molecule has 0 aliphatic carbocycles. The summed E-state index contributed by atoms with van der Waals surface area (Å²) in [7, 11) is 1.60. The minimum atomic E-state index is -0.530. The highest BCUT2D eigenvalue weighted by Crippen LogP contribution is 2.05. The minimum Gasteiger partial charge on any atom is -0.350 e. The van der Waals surface area contributed by atoms with Gasteiger partial charge in [-0.25, -0.2) is 0 Å². The van der Waals surface area contributed by atoms with E-state index in [1.807, 2.05) is 34.6 Å². The highest BCUT2D eigenvalue weighted by Gasteiger charge is 2.22. The molecule has 18 heavy (non-hydrogen) atoms. The van der Waals surface area contributed by atoms with Crippen LogP contribution in [0.5, 0.6) is 0 Å². The van der Waals surface area contributed by atoms with Gasteiger partial charge in [0.25, 0.3) is 0 Å². The van der Waals surface area contributed by atoms with Crippen LogP contribution in [-0.4, -0.2) is 41.9 Å². The van der Waals surface area contributed by atoms with Crippen LogP contribution in [0.25, 0.3) is 0 Å². The normalized spacial score (nSPS) is 13.3. The zero-order valence-electron chi connectivity index (χ0n) is 12.4. The van der Waals surface area contributed by atoms with Gasteiger partial charge in [0.2, 0.25) is 11.8 Å². The second-order valence-electron chi connectivity index (χ2n) is 6.23. The molecule has 106 valence electrons. The van der Waals surface area contributed by atoms with Crippen molar-refractivity contribution in [1.82, 2.24) is 10.2 Å². The van der Waals surface area contributed by atoms with Gasteiger partial charge in [0.1, 0.15) is 0 Å². The Balaban J connectivity index is 4.27. The van der Waals surface area contributed by atoms with Crippen LogP contribution in [-0.2, 0) is 9.59 Å². The van der Waals surface area contributed by atoms with Crippen molar-refractivity contribution in [2.75, 3.05) is 13.6 Å². The molecule has 0 aromatic heterocycles. The Labute approximate surface area is 110 Å². The van der Waals surface area contributed by atoms with Crippen LogP contribution in [0.15, 0.2) is 0 Å². The Kier molecular flexibility index (Phi) is 6.32. The van der Waals surface area contributed by atoms with E-state index in [0.717, 1.165) is 0 Å². The van der Waals surface area contributed by atoms with Gasteiger partial charge in [-0.2, -0.15) is 0 Å². The molecule has 0 spiro atoms. The Morgan fingerprint density at radius 2 is 1.78 bits per heavy atom. The number of likely N-dealkylation sites (N-methyl/N-ethyl adjacent to an activating group) is 1. The molecule has 0 bridgehead atoms. The van der Waals surface area contributed by atoms with Crippen molar-refractivity contribution in [2.45, 2.75) is 52.6 Å². The van der Waals surface area contributed by atoms with Gasteiger partial charge >= 0.3 is 0 Å². The van der Waals surface area contributed by atoms with E-state index < -0.39 is 6.04 Å². The Hall–Kier alpha value is -1.10. The topological polar surface area (TPSA) is 75.4 Å². The summed E-state index contributed by atoms with van der Waals surface area (Å²) in [6.07, 6.45) is 0.629. The molecule has 0 unspecified atom stereocenters. The van der Waals surface area contributed by atoms with E-state index in [2.05, 4.69) is 5.32 Å². The van der Waals surface area contributed by atoms with Crippen molar-refractivity contribution < 1.29 is 9.59 Å². The molecule has 3 N–H and O–H groups in total. The Bertz CT molecular complexity index is 295. The first-order valence-electron chi connectivity index (χ1n) is 6.34. The number of carbonyl (C=O) groups is 2. The van der Waals surface area contributed by atoms with E-state index in [4.69, 9.17) is 5.73 Å². The van der Waals surface area contributed by atoms with Crippen molar-refractivity contribution in [1.29, 1.82) is 0 Å². The molecular formula is C13H27N3O2. The third-order valence-corrected chi connectivity index (χ3v) is 2.31. The third-order valence-electron chi connectivity index (χ3n) is 2.31. The lowest BCUT2D eigenvalue weighted by atomic mass is 10.0. The maximum atomic E-state index is 11.9. The number of nitrogens with zero attached hydrogens (tertiary/aromatic N) is 1. The van der Waals surface area contributed by atoms with Crippen molar-refractivity contribution in [3.8, 4) is 0 Å². The molecule has 0 heterocycles. The predicted molar refractivity (Wildman–Crippen MR) is 73.0 cm³/mol. The van der Waals surface area contributed by atoms with Gasteiger partial charge in [-0.3, -0.25) is 9.59 Å². The number of carbonyl (C=O) groups excluding carboxylic acids is 2. The number of nitrogens with two attached hydrogens (primary N) is 1. The Morgan fingerprint density at radius 1 is 1.28 bits per heavy atom. The molecule has 0 saturated carbocycles. The zero-order chi connectivity index (χ0) is 14.5. The van der Waals surface area contributed by atoms with Crippen LogP contribution in [0, 0.1) is 5.92 Å². The molecule has 0 rings (SSSR count). The van der Waals surface area contributed by atoms with Crippen molar-refractivity contribution in [3.05, 3.63) is 0 Å². The molecule has 5 nitrogen and oxygen atoms in total. The quantitative estimate of drug-likeness (QED) is 0.762. The van der Waals surface area contributed by atoms with Gasteiger partial charge in [0, 0.05) is 12.6 Å². The summed E-state index contributed by atoms with van der Waals surface area (Å²) >= 11 is 0. The van der Waals surface area contributed by atoms with Gasteiger partial charge in [0.05, 0.1) is 12.6 Å². The van der Waals surface area contributed by atoms with Crippen LogP contribution in [0.4, 0.5) is 0 Å². The monoisotopic (exact) mass is 257 g/mol. The van der Waals surface area contributed by atoms with E-state index in [1.54, 1.807) is 7.05 Å². The molecule has 0 aliphatic rings. The van der Waals surface area contributed by atoms with Gasteiger partial charge < -0.3 is 16.0 Å². The second kappa shape index (κ2) is 6.73. The largest absolute Gasteiger partial charge is 0.350 e. The number of nitrogens with one attached hydrogen (secondary N) is 1. The number of rotatable bonds is 5. The Morgan fingerprint density at radius 3 is 2.17 bits per heavy atom. The maximum absolute atomic E-state index is 11.9. The molecule has 5 heteroatoms. The SMILES string of the molecule is CC(C)C[C@@H](N)C(=O)N(C)CC(=O)NC(C)(C)C. The zero-order valence-corrected chi connectivity index (χ0v) is 12.4. The first kappa shape index (κ1) is 16.9. The van der Waals surface area contributed by atoms with E-state index in [1.165, 1.54) is 4.90 Å². The van der Waals surface area contributed by atoms with Crippen LogP contribution >= 0.6 is 0 Å². The highest BCUT2D eigenvalue weighted by molar-refractivity contribution is 5.87. The molecule has 0 aromatic rings. The standard InChI is InChI=1S/C13H27N3O2/c1-9(2)7-10(14)12(18)16(6)8-11(17)15-13(3,4)5/h9-10H,7-8,14H2,1-6H3,(H,15,17)/t10-/m1/s1. The summed E-state index contributed by atoms with van der Waals surface area (Å²) in [5.74, 6) is 0.00334. The van der Waals surface area contributed by atoms with Crippen LogP contribution in [0.2, 0.25) is 0 Å². The molecule has 0 fully saturated rings. The van der Waals surface area contributed by atoms with Gasteiger partial charge in [-0.15, -0.1) is 0 Å². The smallest absolute Gasteiger partial charge is 0.240 e. The first-order valence-corrected chi connectivity index (χ1v) is 6.34. The van der Waals surface area contributed by atoms with Gasteiger partial charge in [-0.1, -0.05) is 13.8 Å². The summed E-state index contributed by atoms with van der Waals surface area (Å²) in [6.45, 7) is 9.77. The molecule has 1 atom stereocenters. The van der Waals surface area contributed by atoms with E-state index in [0.29, 0.717) is 12.3 Å². The summed E-state index contributed by atoms with van der Waals surface area (Å²) in [6, 6.07) is -0.530. The lowest BCUT2D eigenvalue weighted by Gasteiger charge is -2.25. The highest BCUT2D eigenvalue weighted by atomic mass is 16.2. The molecule has 2 amide bonds. The van der Waals surface area contributed by atoms with Gasteiger partial charge in [-0.05, 0) is 33.1 Å². The van der Waals surface area contributed by atoms with Crippen molar-refractivity contribution in [2.24, 2.45) is 11.7 Å². The number of amides is 2. The molecular weight excluding hydrogens is 230 g/mol. The van der Waals surface area contributed by atoms with Crippen molar-refractivity contribution in [3.63, 3.8) is 0 Å². The molecule has 0 saturated heterocycles. The first-order chi connectivity index (χ1) is 8.03. The predicted octanol–water partition coefficient (Wildman–Crippen LogP) is 0.733.